The van der Waals surface area contributed by atoms with Gasteiger partial charge in [0.25, 0.3) is 0 Å². The summed E-state index contributed by atoms with van der Waals surface area (Å²) < 4.78 is 0. The molecule has 5 rings (SSSR count). The third kappa shape index (κ3) is 5.64. The van der Waals surface area contributed by atoms with Gasteiger partial charge in [-0.1, -0.05) is 121 Å². The molecular formula is C32H30P2. The van der Waals surface area contributed by atoms with Crippen LogP contribution in [0.3, 0.4) is 0 Å². The second-order valence-corrected chi connectivity index (χ2v) is 12.7. The quantitative estimate of drug-likeness (QED) is 0.252. The van der Waals surface area contributed by atoms with E-state index in [1.54, 1.807) is 11.1 Å². The summed E-state index contributed by atoms with van der Waals surface area (Å²) in [7, 11) is -1.06. The fourth-order valence-electron chi connectivity index (χ4n) is 4.51. The van der Waals surface area contributed by atoms with Gasteiger partial charge in [0.2, 0.25) is 0 Å². The van der Waals surface area contributed by atoms with Gasteiger partial charge in [-0.2, -0.15) is 0 Å². The van der Waals surface area contributed by atoms with E-state index in [1.807, 2.05) is 0 Å². The SMILES string of the molecule is C(=C1CCCCC1=CP(c1ccccc1)c1ccccc1)P(c1ccccc1)c1ccccc1. The highest BCUT2D eigenvalue weighted by molar-refractivity contribution is 7.76. The summed E-state index contributed by atoms with van der Waals surface area (Å²) in [5.74, 6) is 5.24. The summed E-state index contributed by atoms with van der Waals surface area (Å²) in [5.41, 5.74) is 3.12. The van der Waals surface area contributed by atoms with Crippen LogP contribution in [-0.4, -0.2) is 0 Å². The second-order valence-electron chi connectivity index (χ2n) is 8.60. The monoisotopic (exact) mass is 476 g/mol. The van der Waals surface area contributed by atoms with Gasteiger partial charge in [-0.15, -0.1) is 0 Å². The molecule has 168 valence electrons. The van der Waals surface area contributed by atoms with Crippen molar-refractivity contribution < 1.29 is 0 Å². The first-order valence-corrected chi connectivity index (χ1v) is 14.9. The summed E-state index contributed by atoms with van der Waals surface area (Å²) >= 11 is 0. The summed E-state index contributed by atoms with van der Waals surface area (Å²) in [5, 5.41) is 5.70. The molecule has 0 saturated heterocycles. The molecule has 0 amide bonds. The van der Waals surface area contributed by atoms with Crippen molar-refractivity contribution in [1.82, 2.24) is 0 Å². The molecule has 1 aliphatic rings. The van der Waals surface area contributed by atoms with Crippen LogP contribution in [0.4, 0.5) is 0 Å². The topological polar surface area (TPSA) is 0 Å². The first kappa shape index (κ1) is 23.0. The van der Waals surface area contributed by atoms with Crippen LogP contribution in [0.2, 0.25) is 0 Å². The van der Waals surface area contributed by atoms with Crippen LogP contribution >= 0.6 is 15.8 Å². The Morgan fingerprint density at radius 2 is 0.647 bits per heavy atom. The van der Waals surface area contributed by atoms with Crippen LogP contribution in [0, 0.1) is 0 Å². The van der Waals surface area contributed by atoms with Gasteiger partial charge >= 0.3 is 0 Å². The van der Waals surface area contributed by atoms with Gasteiger partial charge in [0.15, 0.2) is 0 Å². The Kier molecular flexibility index (Phi) is 7.82. The summed E-state index contributed by atoms with van der Waals surface area (Å²) in [6, 6.07) is 44.2. The molecule has 0 radical (unpaired) electrons. The van der Waals surface area contributed by atoms with E-state index in [0.29, 0.717) is 0 Å². The number of allylic oxidation sites excluding steroid dienone is 2. The molecule has 0 atom stereocenters. The molecule has 1 fully saturated rings. The molecule has 0 heterocycles. The highest BCUT2D eigenvalue weighted by atomic mass is 31.1. The predicted octanol–water partition coefficient (Wildman–Crippen LogP) is 7.59. The zero-order valence-corrected chi connectivity index (χ0v) is 21.2. The number of rotatable bonds is 6. The molecule has 0 nitrogen and oxygen atoms in total. The van der Waals surface area contributed by atoms with Crippen molar-refractivity contribution in [3.63, 3.8) is 0 Å². The summed E-state index contributed by atoms with van der Waals surface area (Å²) in [6.07, 6.45) is 4.92. The molecule has 1 saturated carbocycles. The minimum atomic E-state index is -0.530. The zero-order valence-electron chi connectivity index (χ0n) is 19.4. The molecule has 0 spiro atoms. The van der Waals surface area contributed by atoms with Crippen molar-refractivity contribution in [3.8, 4) is 0 Å². The standard InChI is InChI=1S/C32H30P2/c1-5-17-29(18-6-1)33(30-19-7-2-8-20-30)25-27-15-13-14-16-28(27)26-34(31-21-9-3-10-22-31)32-23-11-4-12-24-32/h1-12,17-26H,13-16H2. The Hall–Kier alpha value is -2.78. The molecule has 0 aromatic heterocycles. The van der Waals surface area contributed by atoms with E-state index in [1.165, 1.54) is 46.9 Å². The van der Waals surface area contributed by atoms with Crippen molar-refractivity contribution >= 4 is 37.1 Å². The van der Waals surface area contributed by atoms with E-state index in [-0.39, 0.29) is 0 Å². The molecule has 4 aromatic carbocycles. The van der Waals surface area contributed by atoms with E-state index in [4.69, 9.17) is 0 Å². The van der Waals surface area contributed by atoms with Gasteiger partial charge in [0, 0.05) is 0 Å². The molecule has 0 bridgehead atoms. The van der Waals surface area contributed by atoms with E-state index in [2.05, 4.69) is 133 Å². The van der Waals surface area contributed by atoms with E-state index in [9.17, 15) is 0 Å². The van der Waals surface area contributed by atoms with Crippen LogP contribution in [0.25, 0.3) is 0 Å². The molecule has 0 unspecified atom stereocenters. The zero-order chi connectivity index (χ0) is 23.0. The van der Waals surface area contributed by atoms with Crippen molar-refractivity contribution in [1.29, 1.82) is 0 Å². The summed E-state index contributed by atoms with van der Waals surface area (Å²) in [4.78, 5) is 0. The van der Waals surface area contributed by atoms with Crippen molar-refractivity contribution in [3.05, 3.63) is 144 Å². The maximum Gasteiger partial charge on any atom is -0.0157 e. The Balaban J connectivity index is 1.58. The maximum absolute atomic E-state index is 2.62. The molecule has 0 N–H and O–H groups in total. The van der Waals surface area contributed by atoms with Gasteiger partial charge in [-0.25, -0.2) is 0 Å². The number of benzene rings is 4. The van der Waals surface area contributed by atoms with E-state index >= 15 is 0 Å². The second kappa shape index (κ2) is 11.6. The average molecular weight is 477 g/mol. The lowest BCUT2D eigenvalue weighted by atomic mass is 9.92. The van der Waals surface area contributed by atoms with Crippen LogP contribution in [0.15, 0.2) is 144 Å². The fraction of sp³-hybridized carbons (Fsp3) is 0.125. The first-order valence-electron chi connectivity index (χ1n) is 12.1. The van der Waals surface area contributed by atoms with Gasteiger partial charge in [0.05, 0.1) is 0 Å². The number of hydrogen-bond acceptors (Lipinski definition) is 0. The molecule has 0 aliphatic heterocycles. The third-order valence-corrected chi connectivity index (χ3v) is 10.8. The molecule has 2 heteroatoms. The van der Waals surface area contributed by atoms with Crippen LogP contribution < -0.4 is 21.2 Å². The highest BCUT2D eigenvalue weighted by Crippen LogP contribution is 2.45. The minimum Gasteiger partial charge on any atom is -0.0622 e. The lowest BCUT2D eigenvalue weighted by molar-refractivity contribution is 0.681. The fourth-order valence-corrected chi connectivity index (χ4v) is 8.89. The molecular weight excluding hydrogens is 446 g/mol. The van der Waals surface area contributed by atoms with Crippen molar-refractivity contribution in [2.45, 2.75) is 25.7 Å². The molecule has 4 aromatic rings. The van der Waals surface area contributed by atoms with Gasteiger partial charge in [-0.3, -0.25) is 0 Å². The lowest BCUT2D eigenvalue weighted by Crippen LogP contribution is -2.12. The Bertz CT molecular complexity index is 1050. The number of hydrogen-bond donors (Lipinski definition) is 0. The highest BCUT2D eigenvalue weighted by Gasteiger charge is 2.19. The van der Waals surface area contributed by atoms with Crippen LogP contribution in [-0.2, 0) is 0 Å². The van der Waals surface area contributed by atoms with Crippen molar-refractivity contribution in [2.24, 2.45) is 0 Å². The van der Waals surface area contributed by atoms with Crippen LogP contribution in [0.1, 0.15) is 25.7 Å². The smallest absolute Gasteiger partial charge is 0.0157 e. The maximum atomic E-state index is 2.62. The predicted molar refractivity (Wildman–Crippen MR) is 153 cm³/mol. The van der Waals surface area contributed by atoms with Crippen LogP contribution in [0.5, 0.6) is 0 Å². The Morgan fingerprint density at radius 1 is 0.382 bits per heavy atom. The van der Waals surface area contributed by atoms with Gasteiger partial charge in [0.1, 0.15) is 0 Å². The largest absolute Gasteiger partial charge is 0.0622 e. The van der Waals surface area contributed by atoms with Crippen molar-refractivity contribution in [2.75, 3.05) is 0 Å². The average Bonchev–Trinajstić information content (AvgIpc) is 2.93. The van der Waals surface area contributed by atoms with Gasteiger partial charge < -0.3 is 0 Å². The molecule has 34 heavy (non-hydrogen) atoms. The van der Waals surface area contributed by atoms with E-state index in [0.717, 1.165) is 0 Å². The summed E-state index contributed by atoms with van der Waals surface area (Å²) in [6.45, 7) is 0. The van der Waals surface area contributed by atoms with Gasteiger partial charge in [-0.05, 0) is 85.5 Å². The first-order chi connectivity index (χ1) is 16.9. The molecule has 1 aliphatic carbocycles. The Labute approximate surface area is 206 Å². The lowest BCUT2D eigenvalue weighted by Gasteiger charge is -2.24. The minimum absolute atomic E-state index is 0.530. The third-order valence-electron chi connectivity index (χ3n) is 6.26. The Morgan fingerprint density at radius 3 is 0.912 bits per heavy atom. The normalized spacial score (nSPS) is 16.4. The van der Waals surface area contributed by atoms with E-state index < -0.39 is 15.8 Å².